The van der Waals surface area contributed by atoms with Gasteiger partial charge in [0, 0.05) is 72.3 Å². The number of pyridine rings is 1. The predicted molar refractivity (Wildman–Crippen MR) is 120 cm³/mol. The number of rotatable bonds is 3. The number of esters is 1. The van der Waals surface area contributed by atoms with Crippen LogP contribution in [0.2, 0.25) is 0 Å². The first-order valence-electron chi connectivity index (χ1n) is 8.76. The fourth-order valence-corrected chi connectivity index (χ4v) is 4.37. The Morgan fingerprint density at radius 1 is 0.931 bits per heavy atom. The molecule has 5 rings (SSSR count). The minimum atomic E-state index is -0.426. The molecule has 0 aliphatic heterocycles. The highest BCUT2D eigenvalue weighted by atomic mass is 79.9. The summed E-state index contributed by atoms with van der Waals surface area (Å²) in [5.41, 5.74) is 5.67. The van der Waals surface area contributed by atoms with E-state index >= 15 is 0 Å². The zero-order valence-electron chi connectivity index (χ0n) is 15.1. The lowest BCUT2D eigenvalue weighted by atomic mass is 9.96. The average Bonchev–Trinajstić information content (AvgIpc) is 3.42. The Labute approximate surface area is 181 Å². The van der Waals surface area contributed by atoms with Crippen molar-refractivity contribution in [2.24, 2.45) is 0 Å². The summed E-state index contributed by atoms with van der Waals surface area (Å²) in [4.78, 5) is 26.6. The van der Waals surface area contributed by atoms with Gasteiger partial charge in [0.25, 0.3) is 0 Å². The fraction of sp³-hybridized carbons (Fsp3) is 0.0476. The molecule has 0 amide bonds. The standard InChI is InChI=1S/C21H14Br2N4O2/c1-29-21(28)19-18(15-9-27-20-13(15)5-11(23)6-26-20)16(8-25-19)14-7-24-17-3-2-10(22)4-12(14)17/h2-9,24-25H,1H3,(H,26,27). The quantitative estimate of drug-likeness (QED) is 0.258. The monoisotopic (exact) mass is 512 g/mol. The number of aromatic nitrogens is 4. The molecule has 0 unspecified atom stereocenters. The van der Waals surface area contributed by atoms with Gasteiger partial charge in [-0.2, -0.15) is 0 Å². The van der Waals surface area contributed by atoms with Crippen LogP contribution in [0, 0.1) is 0 Å². The summed E-state index contributed by atoms with van der Waals surface area (Å²) in [6.45, 7) is 0. The second-order valence-corrected chi connectivity index (χ2v) is 8.42. The van der Waals surface area contributed by atoms with Crippen molar-refractivity contribution in [1.29, 1.82) is 0 Å². The lowest BCUT2D eigenvalue weighted by Crippen LogP contribution is -2.03. The zero-order valence-corrected chi connectivity index (χ0v) is 18.3. The maximum Gasteiger partial charge on any atom is 0.355 e. The topological polar surface area (TPSA) is 86.6 Å². The third kappa shape index (κ3) is 2.90. The maximum atomic E-state index is 12.5. The molecule has 0 aliphatic carbocycles. The molecule has 1 aromatic carbocycles. The van der Waals surface area contributed by atoms with Gasteiger partial charge in [0.2, 0.25) is 0 Å². The van der Waals surface area contributed by atoms with Crippen LogP contribution in [0.1, 0.15) is 10.5 Å². The minimum Gasteiger partial charge on any atom is -0.464 e. The van der Waals surface area contributed by atoms with E-state index in [0.717, 1.165) is 53.1 Å². The molecule has 6 nitrogen and oxygen atoms in total. The molecular formula is C21H14Br2N4O2. The molecule has 4 heterocycles. The Bertz CT molecular complexity index is 1400. The van der Waals surface area contributed by atoms with Crippen molar-refractivity contribution < 1.29 is 9.53 Å². The molecule has 0 bridgehead atoms. The number of nitrogens with zero attached hydrogens (tertiary/aromatic N) is 1. The molecule has 0 spiro atoms. The summed E-state index contributed by atoms with van der Waals surface area (Å²) in [6.07, 6.45) is 7.40. The third-order valence-corrected chi connectivity index (χ3v) is 5.90. The van der Waals surface area contributed by atoms with Gasteiger partial charge in [-0.3, -0.25) is 0 Å². The number of benzene rings is 1. The molecule has 0 fully saturated rings. The smallest absolute Gasteiger partial charge is 0.355 e. The van der Waals surface area contributed by atoms with Gasteiger partial charge in [0.15, 0.2) is 0 Å². The Morgan fingerprint density at radius 2 is 1.69 bits per heavy atom. The van der Waals surface area contributed by atoms with Crippen molar-refractivity contribution in [2.45, 2.75) is 0 Å². The van der Waals surface area contributed by atoms with Gasteiger partial charge < -0.3 is 19.7 Å². The Balaban J connectivity index is 1.84. The second kappa shape index (κ2) is 6.89. The average molecular weight is 514 g/mol. The van der Waals surface area contributed by atoms with Gasteiger partial charge in [0.1, 0.15) is 11.3 Å². The van der Waals surface area contributed by atoms with E-state index in [4.69, 9.17) is 4.74 Å². The maximum absolute atomic E-state index is 12.5. The number of fused-ring (bicyclic) bond motifs is 2. The van der Waals surface area contributed by atoms with Crippen molar-refractivity contribution in [2.75, 3.05) is 7.11 Å². The highest BCUT2D eigenvalue weighted by Crippen LogP contribution is 2.42. The van der Waals surface area contributed by atoms with Crippen molar-refractivity contribution in [3.05, 3.63) is 63.7 Å². The molecule has 0 aliphatic rings. The Morgan fingerprint density at radius 3 is 2.52 bits per heavy atom. The largest absolute Gasteiger partial charge is 0.464 e. The summed E-state index contributed by atoms with van der Waals surface area (Å²) in [6, 6.07) is 8.05. The van der Waals surface area contributed by atoms with Crippen molar-refractivity contribution in [3.63, 3.8) is 0 Å². The Hall–Kier alpha value is -2.84. The second-order valence-electron chi connectivity index (χ2n) is 6.59. The van der Waals surface area contributed by atoms with Gasteiger partial charge in [-0.15, -0.1) is 0 Å². The number of nitrogens with one attached hydrogen (secondary N) is 3. The first-order chi connectivity index (χ1) is 14.1. The van der Waals surface area contributed by atoms with E-state index in [1.165, 1.54) is 7.11 Å². The minimum absolute atomic E-state index is 0.396. The molecule has 5 aromatic rings. The van der Waals surface area contributed by atoms with Crippen LogP contribution in [0.15, 0.2) is 58.0 Å². The molecule has 29 heavy (non-hydrogen) atoms. The molecule has 0 saturated carbocycles. The van der Waals surface area contributed by atoms with Gasteiger partial charge in [-0.1, -0.05) is 15.9 Å². The fourth-order valence-electron chi connectivity index (χ4n) is 3.68. The third-order valence-electron chi connectivity index (χ3n) is 4.97. The van der Waals surface area contributed by atoms with Crippen molar-refractivity contribution in [1.82, 2.24) is 19.9 Å². The summed E-state index contributed by atoms with van der Waals surface area (Å²) in [5.74, 6) is -0.426. The predicted octanol–water partition coefficient (Wildman–Crippen LogP) is 6.02. The zero-order chi connectivity index (χ0) is 20.1. The summed E-state index contributed by atoms with van der Waals surface area (Å²) in [5, 5.41) is 1.96. The van der Waals surface area contributed by atoms with Crippen LogP contribution in [0.4, 0.5) is 0 Å². The first-order valence-corrected chi connectivity index (χ1v) is 10.3. The summed E-state index contributed by atoms with van der Waals surface area (Å²) < 4.78 is 6.87. The molecule has 8 heteroatoms. The molecule has 4 aromatic heterocycles. The van der Waals surface area contributed by atoms with E-state index in [-0.39, 0.29) is 0 Å². The molecule has 3 N–H and O–H groups in total. The van der Waals surface area contributed by atoms with E-state index in [0.29, 0.717) is 5.69 Å². The van der Waals surface area contributed by atoms with Crippen molar-refractivity contribution >= 4 is 59.8 Å². The van der Waals surface area contributed by atoms with Gasteiger partial charge in [-0.05, 0) is 40.2 Å². The molecule has 0 saturated heterocycles. The first kappa shape index (κ1) is 18.2. The van der Waals surface area contributed by atoms with Crippen LogP contribution >= 0.6 is 31.9 Å². The van der Waals surface area contributed by atoms with E-state index < -0.39 is 5.97 Å². The highest BCUT2D eigenvalue weighted by Gasteiger charge is 2.24. The number of ether oxygens (including phenoxy) is 1. The van der Waals surface area contributed by atoms with E-state index in [9.17, 15) is 4.79 Å². The highest BCUT2D eigenvalue weighted by molar-refractivity contribution is 9.10. The summed E-state index contributed by atoms with van der Waals surface area (Å²) >= 11 is 7.03. The number of hydrogen-bond donors (Lipinski definition) is 3. The van der Waals surface area contributed by atoms with E-state index in [1.54, 1.807) is 6.20 Å². The van der Waals surface area contributed by atoms with Gasteiger partial charge >= 0.3 is 5.97 Å². The van der Waals surface area contributed by atoms with Crippen LogP contribution in [0.5, 0.6) is 0 Å². The van der Waals surface area contributed by atoms with E-state index in [2.05, 4.69) is 57.9 Å². The van der Waals surface area contributed by atoms with Crippen LogP contribution in [0.3, 0.4) is 0 Å². The molecular weight excluding hydrogens is 500 g/mol. The van der Waals surface area contributed by atoms with E-state index in [1.807, 2.05) is 36.8 Å². The lowest BCUT2D eigenvalue weighted by Gasteiger charge is -2.06. The SMILES string of the molecule is COC(=O)c1[nH]cc(-c2c[nH]c3ccc(Br)cc23)c1-c1c[nH]c2ncc(Br)cc12. The van der Waals surface area contributed by atoms with Crippen molar-refractivity contribution in [3.8, 4) is 22.3 Å². The number of halogens is 2. The van der Waals surface area contributed by atoms with Gasteiger partial charge in [-0.25, -0.2) is 9.78 Å². The number of carbonyl (C=O) groups is 1. The summed E-state index contributed by atoms with van der Waals surface area (Å²) in [7, 11) is 1.38. The molecule has 144 valence electrons. The number of H-pyrrole nitrogens is 3. The molecule has 0 atom stereocenters. The van der Waals surface area contributed by atoms with Crippen LogP contribution in [-0.4, -0.2) is 33.0 Å². The van der Waals surface area contributed by atoms with Crippen LogP contribution < -0.4 is 0 Å². The number of hydrogen-bond acceptors (Lipinski definition) is 3. The van der Waals surface area contributed by atoms with Crippen LogP contribution in [0.25, 0.3) is 44.2 Å². The lowest BCUT2D eigenvalue weighted by molar-refractivity contribution is 0.0596. The normalized spacial score (nSPS) is 11.4. The Kier molecular flexibility index (Phi) is 4.33. The van der Waals surface area contributed by atoms with Crippen LogP contribution in [-0.2, 0) is 4.74 Å². The number of carbonyl (C=O) groups excluding carboxylic acids is 1. The molecule has 0 radical (unpaired) electrons. The van der Waals surface area contributed by atoms with Gasteiger partial charge in [0.05, 0.1) is 7.11 Å². The number of methoxy groups -OCH3 is 1. The number of aromatic amines is 3.